The molecule has 0 bridgehead atoms. The third kappa shape index (κ3) is 3.68. The van der Waals surface area contributed by atoms with E-state index in [1.165, 1.54) is 0 Å². The van der Waals surface area contributed by atoms with Crippen LogP contribution in [0.2, 0.25) is 0 Å². The van der Waals surface area contributed by atoms with E-state index in [0.29, 0.717) is 11.1 Å². The molecule has 5 heteroatoms. The van der Waals surface area contributed by atoms with E-state index in [2.05, 4.69) is 15.9 Å². The van der Waals surface area contributed by atoms with E-state index >= 15 is 0 Å². The van der Waals surface area contributed by atoms with Crippen molar-refractivity contribution in [1.29, 1.82) is 0 Å². The van der Waals surface area contributed by atoms with Gasteiger partial charge in [-0.2, -0.15) is 0 Å². The van der Waals surface area contributed by atoms with Crippen LogP contribution in [0.3, 0.4) is 0 Å². The Labute approximate surface area is 141 Å². The van der Waals surface area contributed by atoms with Gasteiger partial charge in [-0.3, -0.25) is 0 Å². The van der Waals surface area contributed by atoms with E-state index in [1.807, 2.05) is 30.3 Å². The number of esters is 2. The number of cyclic esters (lactones) is 1. The molecular formula is C18H13BrO4. The molecule has 1 aliphatic rings. The first kappa shape index (κ1) is 15.5. The van der Waals surface area contributed by atoms with Crippen molar-refractivity contribution in [3.63, 3.8) is 0 Å². The molecule has 2 aromatic rings. The largest absolute Gasteiger partial charge is 0.458 e. The van der Waals surface area contributed by atoms with E-state index in [1.54, 1.807) is 30.3 Å². The van der Waals surface area contributed by atoms with Crippen molar-refractivity contribution in [2.24, 2.45) is 0 Å². The zero-order chi connectivity index (χ0) is 16.2. The average Bonchev–Trinajstić information content (AvgIpc) is 2.94. The molecule has 0 saturated carbocycles. The summed E-state index contributed by atoms with van der Waals surface area (Å²) in [5.41, 5.74) is 1.71. The summed E-state index contributed by atoms with van der Waals surface area (Å²) in [5.74, 6) is -0.852. The first-order valence-corrected chi connectivity index (χ1v) is 7.84. The lowest BCUT2D eigenvalue weighted by molar-refractivity contribution is -0.139. The fourth-order valence-corrected chi connectivity index (χ4v) is 2.66. The molecule has 4 nitrogen and oxygen atoms in total. The number of hydrogen-bond donors (Lipinski definition) is 0. The van der Waals surface area contributed by atoms with Crippen molar-refractivity contribution in [2.45, 2.75) is 6.10 Å². The lowest BCUT2D eigenvalue weighted by Crippen LogP contribution is -2.18. The van der Waals surface area contributed by atoms with E-state index in [-0.39, 0.29) is 6.61 Å². The van der Waals surface area contributed by atoms with Crippen molar-refractivity contribution in [1.82, 2.24) is 0 Å². The minimum absolute atomic E-state index is 0.00301. The lowest BCUT2D eigenvalue weighted by Gasteiger charge is -2.09. The van der Waals surface area contributed by atoms with Gasteiger partial charge in [-0.1, -0.05) is 46.3 Å². The van der Waals surface area contributed by atoms with Gasteiger partial charge in [-0.05, 0) is 35.9 Å². The Morgan fingerprint density at radius 1 is 1.13 bits per heavy atom. The highest BCUT2D eigenvalue weighted by Gasteiger charge is 2.27. The lowest BCUT2D eigenvalue weighted by atomic mass is 10.1. The van der Waals surface area contributed by atoms with Crippen LogP contribution < -0.4 is 0 Å². The normalized spacial score (nSPS) is 16.7. The first-order chi connectivity index (χ1) is 11.1. The van der Waals surface area contributed by atoms with E-state index in [0.717, 1.165) is 10.0 Å². The van der Waals surface area contributed by atoms with E-state index in [4.69, 9.17) is 9.47 Å². The van der Waals surface area contributed by atoms with Crippen LogP contribution >= 0.6 is 15.9 Å². The Balaban J connectivity index is 1.66. The topological polar surface area (TPSA) is 52.6 Å². The molecule has 0 aromatic heterocycles. The molecule has 0 fully saturated rings. The molecule has 0 aliphatic carbocycles. The number of carbonyl (C=O) groups is 2. The predicted molar refractivity (Wildman–Crippen MR) is 88.7 cm³/mol. The Morgan fingerprint density at radius 2 is 1.91 bits per heavy atom. The quantitative estimate of drug-likeness (QED) is 0.769. The molecule has 1 aliphatic heterocycles. The molecule has 1 heterocycles. The van der Waals surface area contributed by atoms with E-state index < -0.39 is 18.0 Å². The van der Waals surface area contributed by atoms with Crippen molar-refractivity contribution in [2.75, 3.05) is 6.61 Å². The summed E-state index contributed by atoms with van der Waals surface area (Å²) < 4.78 is 11.3. The fourth-order valence-electron chi connectivity index (χ4n) is 2.26. The molecular weight excluding hydrogens is 360 g/mol. The Bertz CT molecular complexity index is 768. The highest BCUT2D eigenvalue weighted by Crippen LogP contribution is 2.26. The minimum Gasteiger partial charge on any atom is -0.458 e. The van der Waals surface area contributed by atoms with Crippen LogP contribution in [-0.2, 0) is 14.3 Å². The zero-order valence-electron chi connectivity index (χ0n) is 12.1. The fraction of sp³-hybridized carbons (Fsp3) is 0.111. The van der Waals surface area contributed by atoms with Crippen LogP contribution in [0, 0.1) is 0 Å². The minimum atomic E-state index is -0.566. The van der Waals surface area contributed by atoms with Gasteiger partial charge in [-0.15, -0.1) is 0 Å². The average molecular weight is 373 g/mol. The Morgan fingerprint density at radius 3 is 2.65 bits per heavy atom. The van der Waals surface area contributed by atoms with Gasteiger partial charge in [0.1, 0.15) is 6.61 Å². The van der Waals surface area contributed by atoms with Gasteiger partial charge in [0.2, 0.25) is 0 Å². The van der Waals surface area contributed by atoms with Crippen LogP contribution in [0.25, 0.3) is 5.57 Å². The molecule has 0 saturated heterocycles. The van der Waals surface area contributed by atoms with Gasteiger partial charge in [-0.25, -0.2) is 9.59 Å². The molecule has 0 radical (unpaired) electrons. The van der Waals surface area contributed by atoms with Crippen molar-refractivity contribution in [3.05, 3.63) is 76.3 Å². The third-order valence-corrected chi connectivity index (χ3v) is 3.85. The molecule has 3 rings (SSSR count). The molecule has 0 spiro atoms. The standard InChI is InChI=1S/C18H13BrO4/c19-14-8-4-7-13(9-14)16-10-15(23-18(16)21)11-22-17(20)12-5-2-1-3-6-12/h1-10,15H,11H2. The molecule has 23 heavy (non-hydrogen) atoms. The summed E-state index contributed by atoms with van der Waals surface area (Å²) in [7, 11) is 0. The Hall–Kier alpha value is -2.40. The number of ether oxygens (including phenoxy) is 2. The zero-order valence-corrected chi connectivity index (χ0v) is 13.7. The van der Waals surface area contributed by atoms with Crippen LogP contribution in [0.5, 0.6) is 0 Å². The van der Waals surface area contributed by atoms with Crippen molar-refractivity contribution >= 4 is 33.4 Å². The van der Waals surface area contributed by atoms with Crippen LogP contribution in [0.1, 0.15) is 15.9 Å². The van der Waals surface area contributed by atoms with Gasteiger partial charge in [0, 0.05) is 4.47 Å². The van der Waals surface area contributed by atoms with E-state index in [9.17, 15) is 9.59 Å². The predicted octanol–water partition coefficient (Wildman–Crippen LogP) is 3.61. The van der Waals surface area contributed by atoms with Crippen LogP contribution in [0.4, 0.5) is 0 Å². The number of halogens is 1. The number of carbonyl (C=O) groups excluding carboxylic acids is 2. The second-order valence-corrected chi connectivity index (χ2v) is 5.91. The molecule has 116 valence electrons. The van der Waals surface area contributed by atoms with Crippen LogP contribution in [-0.4, -0.2) is 24.6 Å². The summed E-state index contributed by atoms with van der Waals surface area (Å²) in [4.78, 5) is 23.9. The summed E-state index contributed by atoms with van der Waals surface area (Å²) in [6, 6.07) is 16.1. The number of hydrogen-bond acceptors (Lipinski definition) is 4. The highest BCUT2D eigenvalue weighted by atomic mass is 79.9. The molecule has 1 unspecified atom stereocenters. The Kier molecular flexibility index (Phi) is 4.57. The van der Waals surface area contributed by atoms with Crippen molar-refractivity contribution in [3.8, 4) is 0 Å². The monoisotopic (exact) mass is 372 g/mol. The maximum absolute atomic E-state index is 12.0. The third-order valence-electron chi connectivity index (χ3n) is 3.35. The van der Waals surface area contributed by atoms with Gasteiger partial charge >= 0.3 is 11.9 Å². The highest BCUT2D eigenvalue weighted by molar-refractivity contribution is 9.10. The summed E-state index contributed by atoms with van der Waals surface area (Å²) in [6.45, 7) is -0.00301. The van der Waals surface area contributed by atoms with Gasteiger partial charge in [0.25, 0.3) is 0 Å². The van der Waals surface area contributed by atoms with Crippen molar-refractivity contribution < 1.29 is 19.1 Å². The number of rotatable bonds is 4. The van der Waals surface area contributed by atoms with Gasteiger partial charge < -0.3 is 9.47 Å². The van der Waals surface area contributed by atoms with Gasteiger partial charge in [0.15, 0.2) is 6.10 Å². The maximum atomic E-state index is 12.0. The SMILES string of the molecule is O=C1OC(COC(=O)c2ccccc2)C=C1c1cccc(Br)c1. The summed E-state index contributed by atoms with van der Waals surface area (Å²) in [5, 5.41) is 0. The molecule has 1 atom stereocenters. The summed E-state index contributed by atoms with van der Waals surface area (Å²) >= 11 is 3.37. The second-order valence-electron chi connectivity index (χ2n) is 5.00. The number of benzene rings is 2. The molecule has 0 amide bonds. The van der Waals surface area contributed by atoms with Crippen LogP contribution in [0.15, 0.2) is 65.1 Å². The smallest absolute Gasteiger partial charge is 0.339 e. The van der Waals surface area contributed by atoms with Gasteiger partial charge in [0.05, 0.1) is 11.1 Å². The maximum Gasteiger partial charge on any atom is 0.339 e. The molecule has 2 aromatic carbocycles. The summed E-state index contributed by atoms with van der Waals surface area (Å²) in [6.07, 6.45) is 1.12. The molecule has 0 N–H and O–H groups in total. The first-order valence-electron chi connectivity index (χ1n) is 7.04. The second kappa shape index (κ2) is 6.79.